The zero-order valence-electron chi connectivity index (χ0n) is 10.9. The lowest BCUT2D eigenvalue weighted by atomic mass is 10.1. The van der Waals surface area contributed by atoms with Crippen LogP contribution in [0.1, 0.15) is 11.1 Å². The van der Waals surface area contributed by atoms with Gasteiger partial charge in [0.2, 0.25) is 0 Å². The lowest BCUT2D eigenvalue weighted by Gasteiger charge is -2.00. The molecule has 0 heterocycles. The standard InChI is InChI=1S/C14H8Cl2N2O4/c15-11-5-3-9(13(16)7-11)1-2-10-4-6-12(17(19)20)8-14(10)18(21)22/h1-8H/b2-1+. The Morgan fingerprint density at radius 3 is 2.09 bits per heavy atom. The molecular weight excluding hydrogens is 331 g/mol. The van der Waals surface area contributed by atoms with Crippen LogP contribution in [-0.4, -0.2) is 9.85 Å². The van der Waals surface area contributed by atoms with Crippen LogP contribution in [0, 0.1) is 20.2 Å². The molecule has 0 fully saturated rings. The van der Waals surface area contributed by atoms with Crippen LogP contribution in [0.25, 0.3) is 12.2 Å². The van der Waals surface area contributed by atoms with E-state index in [2.05, 4.69) is 0 Å². The summed E-state index contributed by atoms with van der Waals surface area (Å²) in [5.74, 6) is 0. The third-order valence-corrected chi connectivity index (χ3v) is 3.39. The van der Waals surface area contributed by atoms with Gasteiger partial charge in [-0.15, -0.1) is 0 Å². The van der Waals surface area contributed by atoms with Gasteiger partial charge in [-0.1, -0.05) is 35.3 Å². The Labute approximate surface area is 134 Å². The molecule has 22 heavy (non-hydrogen) atoms. The molecule has 0 radical (unpaired) electrons. The minimum Gasteiger partial charge on any atom is -0.258 e. The van der Waals surface area contributed by atoms with Crippen LogP contribution in [0.4, 0.5) is 11.4 Å². The number of hydrogen-bond donors (Lipinski definition) is 0. The van der Waals surface area contributed by atoms with E-state index in [0.29, 0.717) is 15.6 Å². The van der Waals surface area contributed by atoms with Crippen LogP contribution >= 0.6 is 23.2 Å². The summed E-state index contributed by atoms with van der Waals surface area (Å²) >= 11 is 11.8. The van der Waals surface area contributed by atoms with E-state index in [1.54, 1.807) is 24.3 Å². The fourth-order valence-corrected chi connectivity index (χ4v) is 2.23. The number of non-ortho nitro benzene ring substituents is 1. The van der Waals surface area contributed by atoms with E-state index < -0.39 is 9.85 Å². The Bertz CT molecular complexity index is 790. The van der Waals surface area contributed by atoms with Crippen molar-refractivity contribution in [3.63, 3.8) is 0 Å². The number of nitrogens with zero attached hydrogens (tertiary/aromatic N) is 2. The molecule has 0 bridgehead atoms. The second kappa shape index (κ2) is 6.55. The molecule has 2 aromatic carbocycles. The summed E-state index contributed by atoms with van der Waals surface area (Å²) in [4.78, 5) is 20.3. The van der Waals surface area contributed by atoms with Gasteiger partial charge < -0.3 is 0 Å². The fourth-order valence-electron chi connectivity index (χ4n) is 1.76. The molecule has 112 valence electrons. The van der Waals surface area contributed by atoms with Crippen molar-refractivity contribution in [2.45, 2.75) is 0 Å². The number of rotatable bonds is 4. The van der Waals surface area contributed by atoms with Gasteiger partial charge in [0.1, 0.15) is 0 Å². The van der Waals surface area contributed by atoms with Crippen molar-refractivity contribution in [1.82, 2.24) is 0 Å². The summed E-state index contributed by atoms with van der Waals surface area (Å²) in [6.07, 6.45) is 3.05. The van der Waals surface area contributed by atoms with E-state index in [4.69, 9.17) is 23.2 Å². The van der Waals surface area contributed by atoms with Crippen molar-refractivity contribution >= 4 is 46.7 Å². The summed E-state index contributed by atoms with van der Waals surface area (Å²) in [5, 5.41) is 22.6. The zero-order chi connectivity index (χ0) is 16.3. The maximum Gasteiger partial charge on any atom is 0.283 e. The van der Waals surface area contributed by atoms with Gasteiger partial charge in [-0.25, -0.2) is 0 Å². The molecule has 0 saturated heterocycles. The topological polar surface area (TPSA) is 86.3 Å². The first-order valence-corrected chi connectivity index (χ1v) is 6.70. The number of benzene rings is 2. The van der Waals surface area contributed by atoms with Gasteiger partial charge in [0.05, 0.1) is 21.5 Å². The number of halogens is 2. The first-order chi connectivity index (χ1) is 10.4. The Kier molecular flexibility index (Phi) is 4.75. The van der Waals surface area contributed by atoms with Gasteiger partial charge in [0, 0.05) is 16.1 Å². The van der Waals surface area contributed by atoms with Crippen molar-refractivity contribution in [3.05, 3.63) is 77.8 Å². The summed E-state index contributed by atoms with van der Waals surface area (Å²) in [6, 6.07) is 8.29. The summed E-state index contributed by atoms with van der Waals surface area (Å²) in [7, 11) is 0. The van der Waals surface area contributed by atoms with Gasteiger partial charge in [-0.2, -0.15) is 0 Å². The molecule has 0 amide bonds. The molecule has 2 aromatic rings. The van der Waals surface area contributed by atoms with Crippen LogP contribution in [-0.2, 0) is 0 Å². The van der Waals surface area contributed by atoms with Crippen molar-refractivity contribution in [2.75, 3.05) is 0 Å². The SMILES string of the molecule is O=[N+]([O-])c1ccc(/C=C/c2ccc(Cl)cc2Cl)c([N+](=O)[O-])c1. The van der Waals surface area contributed by atoms with Gasteiger partial charge in [-0.05, 0) is 29.8 Å². The largest absolute Gasteiger partial charge is 0.283 e. The highest BCUT2D eigenvalue weighted by molar-refractivity contribution is 6.35. The molecule has 6 nitrogen and oxygen atoms in total. The molecule has 0 saturated carbocycles. The van der Waals surface area contributed by atoms with E-state index in [1.165, 1.54) is 18.2 Å². The second-order valence-corrected chi connectivity index (χ2v) is 5.10. The van der Waals surface area contributed by atoms with E-state index in [9.17, 15) is 20.2 Å². The van der Waals surface area contributed by atoms with Crippen LogP contribution in [0.5, 0.6) is 0 Å². The molecule has 0 aliphatic heterocycles. The zero-order valence-corrected chi connectivity index (χ0v) is 12.4. The molecule has 0 aromatic heterocycles. The highest BCUT2D eigenvalue weighted by atomic mass is 35.5. The maximum absolute atomic E-state index is 11.0. The van der Waals surface area contributed by atoms with E-state index >= 15 is 0 Å². The summed E-state index contributed by atoms with van der Waals surface area (Å²) in [5.41, 5.74) is 0.171. The quantitative estimate of drug-likeness (QED) is 0.446. The summed E-state index contributed by atoms with van der Waals surface area (Å²) < 4.78 is 0. The van der Waals surface area contributed by atoms with Gasteiger partial charge >= 0.3 is 0 Å². The highest BCUT2D eigenvalue weighted by Gasteiger charge is 2.17. The van der Waals surface area contributed by atoms with Gasteiger partial charge in [0.25, 0.3) is 11.4 Å². The van der Waals surface area contributed by atoms with Crippen LogP contribution in [0.2, 0.25) is 10.0 Å². The molecule has 0 aliphatic carbocycles. The molecule has 0 atom stereocenters. The molecule has 2 rings (SSSR count). The van der Waals surface area contributed by atoms with Crippen molar-refractivity contribution in [2.24, 2.45) is 0 Å². The Morgan fingerprint density at radius 2 is 1.50 bits per heavy atom. The highest BCUT2D eigenvalue weighted by Crippen LogP contribution is 2.28. The Hall–Kier alpha value is -2.44. The van der Waals surface area contributed by atoms with Crippen LogP contribution < -0.4 is 0 Å². The van der Waals surface area contributed by atoms with Gasteiger partial charge in [0.15, 0.2) is 0 Å². The first-order valence-electron chi connectivity index (χ1n) is 5.94. The normalized spacial score (nSPS) is 10.8. The fraction of sp³-hybridized carbons (Fsp3) is 0. The first kappa shape index (κ1) is 15.9. The minimum absolute atomic E-state index is 0.238. The lowest BCUT2D eigenvalue weighted by molar-refractivity contribution is -0.394. The van der Waals surface area contributed by atoms with Crippen molar-refractivity contribution in [3.8, 4) is 0 Å². The van der Waals surface area contributed by atoms with E-state index in [0.717, 1.165) is 6.07 Å². The molecule has 0 spiro atoms. The molecule has 0 aliphatic rings. The van der Waals surface area contributed by atoms with Crippen molar-refractivity contribution in [1.29, 1.82) is 0 Å². The third kappa shape index (κ3) is 3.60. The van der Waals surface area contributed by atoms with Crippen molar-refractivity contribution < 1.29 is 9.85 Å². The monoisotopic (exact) mass is 338 g/mol. The average Bonchev–Trinajstić information content (AvgIpc) is 2.46. The number of hydrogen-bond acceptors (Lipinski definition) is 4. The Morgan fingerprint density at radius 1 is 0.864 bits per heavy atom. The number of nitro groups is 2. The number of nitro benzene ring substituents is 2. The second-order valence-electron chi connectivity index (χ2n) is 4.26. The maximum atomic E-state index is 11.0. The smallest absolute Gasteiger partial charge is 0.258 e. The predicted octanol–water partition coefficient (Wildman–Crippen LogP) is 4.98. The minimum atomic E-state index is -0.684. The molecular formula is C14H8Cl2N2O4. The average molecular weight is 339 g/mol. The predicted molar refractivity (Wildman–Crippen MR) is 85.1 cm³/mol. The molecule has 0 N–H and O–H groups in total. The van der Waals surface area contributed by atoms with E-state index in [1.807, 2.05) is 0 Å². The molecule has 8 heteroatoms. The lowest BCUT2D eigenvalue weighted by Crippen LogP contribution is -1.94. The van der Waals surface area contributed by atoms with Crippen LogP contribution in [0.3, 0.4) is 0 Å². The third-order valence-electron chi connectivity index (χ3n) is 2.83. The van der Waals surface area contributed by atoms with Gasteiger partial charge in [-0.3, -0.25) is 20.2 Å². The Balaban J connectivity index is 2.42. The van der Waals surface area contributed by atoms with Crippen LogP contribution in [0.15, 0.2) is 36.4 Å². The van der Waals surface area contributed by atoms with E-state index in [-0.39, 0.29) is 16.9 Å². The molecule has 0 unspecified atom stereocenters. The summed E-state index contributed by atoms with van der Waals surface area (Å²) in [6.45, 7) is 0.